The molecular weight excluding hydrogens is 96.0 g/mol. The van der Waals surface area contributed by atoms with Crippen LogP contribution in [-0.4, -0.2) is 24.1 Å². The Morgan fingerprint density at radius 1 is 1.86 bits per heavy atom. The molecule has 0 aliphatic carbocycles. The van der Waals surface area contributed by atoms with E-state index in [9.17, 15) is 0 Å². The van der Waals surface area contributed by atoms with Gasteiger partial charge in [-0.15, -0.1) is 0 Å². The minimum absolute atomic E-state index is 0.144. The van der Waals surface area contributed by atoms with E-state index in [1.54, 1.807) is 0 Å². The average Bonchev–Trinajstić information content (AvgIpc) is 2.22. The molecule has 1 N–H and O–H groups in total. The Labute approximate surface area is 41.8 Å². The maximum atomic E-state index is 7.81. The molecule has 0 aromatic rings. The number of rotatable bonds is 2. The summed E-state index contributed by atoms with van der Waals surface area (Å²) in [6.45, 7) is 2.24. The molecule has 0 bridgehead atoms. The second-order valence-corrected chi connectivity index (χ2v) is 1.68. The van der Waals surface area contributed by atoms with Crippen LogP contribution in [0.15, 0.2) is 0 Å². The van der Waals surface area contributed by atoms with Gasteiger partial charge < -0.3 is 4.74 Å². The van der Waals surface area contributed by atoms with Crippen molar-refractivity contribution in [3.63, 3.8) is 0 Å². The van der Waals surface area contributed by atoms with Crippen molar-refractivity contribution >= 4 is 0 Å². The second kappa shape index (κ2) is 1.78. The fourth-order valence-electron chi connectivity index (χ4n) is 0.479. The number of epoxide rings is 1. The lowest BCUT2D eigenvalue weighted by atomic mass is 10.4. The summed E-state index contributed by atoms with van der Waals surface area (Å²) in [6, 6.07) is 0. The van der Waals surface area contributed by atoms with Gasteiger partial charge in [0.2, 0.25) is 0 Å². The van der Waals surface area contributed by atoms with E-state index in [-0.39, 0.29) is 12.2 Å². The molecule has 0 spiro atoms. The average molecular weight is 104 g/mol. The molecule has 1 fully saturated rings. The third-order valence-corrected chi connectivity index (χ3v) is 1.08. The molecule has 1 rings (SSSR count). The van der Waals surface area contributed by atoms with Gasteiger partial charge in [-0.3, -0.25) is 5.26 Å². The smallest absolute Gasteiger partial charge is 0.111 e. The molecule has 1 aliphatic rings. The van der Waals surface area contributed by atoms with Crippen LogP contribution in [0, 0.1) is 0 Å². The van der Waals surface area contributed by atoms with Crippen LogP contribution in [0.2, 0.25) is 0 Å². The van der Waals surface area contributed by atoms with Crippen molar-refractivity contribution < 1.29 is 14.9 Å². The Morgan fingerprint density at radius 3 is 2.57 bits per heavy atom. The molecule has 42 valence electrons. The summed E-state index contributed by atoms with van der Waals surface area (Å²) in [4.78, 5) is 3.81. The summed E-state index contributed by atoms with van der Waals surface area (Å²) >= 11 is 0. The lowest BCUT2D eigenvalue weighted by Crippen LogP contribution is -1.99. The molecule has 1 heterocycles. The highest BCUT2D eigenvalue weighted by molar-refractivity contribution is 4.78. The van der Waals surface area contributed by atoms with E-state index in [0.29, 0.717) is 6.61 Å². The first-order valence-electron chi connectivity index (χ1n) is 2.26. The molecule has 0 radical (unpaired) electrons. The Kier molecular flexibility index (Phi) is 1.27. The minimum Gasteiger partial charge on any atom is -0.367 e. The zero-order chi connectivity index (χ0) is 5.28. The third-order valence-electron chi connectivity index (χ3n) is 1.08. The predicted octanol–water partition coefficient (Wildman–Crippen LogP) is 0.263. The van der Waals surface area contributed by atoms with Gasteiger partial charge in [-0.25, -0.2) is 4.89 Å². The maximum absolute atomic E-state index is 7.81. The van der Waals surface area contributed by atoms with Crippen molar-refractivity contribution in [2.24, 2.45) is 0 Å². The van der Waals surface area contributed by atoms with Crippen molar-refractivity contribution in [2.45, 2.75) is 19.1 Å². The monoisotopic (exact) mass is 104 g/mol. The second-order valence-electron chi connectivity index (χ2n) is 1.68. The fraction of sp³-hybridized carbons (Fsp3) is 1.00. The van der Waals surface area contributed by atoms with Crippen molar-refractivity contribution in [3.8, 4) is 0 Å². The summed E-state index contributed by atoms with van der Waals surface area (Å²) in [7, 11) is 0. The van der Waals surface area contributed by atoms with Crippen molar-refractivity contribution in [1.82, 2.24) is 0 Å². The number of hydrogen-bond donors (Lipinski definition) is 1. The van der Waals surface area contributed by atoms with Crippen LogP contribution in [0.5, 0.6) is 0 Å². The highest BCUT2D eigenvalue weighted by Gasteiger charge is 2.34. The Morgan fingerprint density at radius 2 is 2.43 bits per heavy atom. The first-order chi connectivity index (χ1) is 3.34. The summed E-state index contributed by atoms with van der Waals surface area (Å²) in [5.74, 6) is 0. The zero-order valence-electron chi connectivity index (χ0n) is 4.13. The van der Waals surface area contributed by atoms with Gasteiger partial charge in [0.05, 0.1) is 6.10 Å². The van der Waals surface area contributed by atoms with Gasteiger partial charge in [0.1, 0.15) is 12.7 Å². The number of ether oxygens (including phenoxy) is 1. The number of hydrogen-bond acceptors (Lipinski definition) is 3. The first-order valence-corrected chi connectivity index (χ1v) is 2.26. The van der Waals surface area contributed by atoms with E-state index >= 15 is 0 Å². The molecule has 2 atom stereocenters. The largest absolute Gasteiger partial charge is 0.367 e. The van der Waals surface area contributed by atoms with Crippen molar-refractivity contribution in [2.75, 3.05) is 6.61 Å². The van der Waals surface area contributed by atoms with Crippen LogP contribution in [0.25, 0.3) is 0 Å². The van der Waals surface area contributed by atoms with Crippen LogP contribution in [0.1, 0.15) is 6.92 Å². The molecule has 0 saturated carbocycles. The summed E-state index contributed by atoms with van der Waals surface area (Å²) in [6.07, 6.45) is 0.428. The maximum Gasteiger partial charge on any atom is 0.111 e. The molecule has 1 saturated heterocycles. The van der Waals surface area contributed by atoms with E-state index in [2.05, 4.69) is 4.89 Å². The Balaban J connectivity index is 1.98. The predicted molar refractivity (Wildman–Crippen MR) is 22.9 cm³/mol. The highest BCUT2D eigenvalue weighted by Crippen LogP contribution is 2.19. The Bertz CT molecular complexity index is 64.0. The Hall–Kier alpha value is -0.120. The first kappa shape index (κ1) is 5.03. The van der Waals surface area contributed by atoms with E-state index in [1.807, 2.05) is 6.92 Å². The van der Waals surface area contributed by atoms with E-state index in [0.717, 1.165) is 0 Å². The highest BCUT2D eigenvalue weighted by atomic mass is 17.1. The zero-order valence-corrected chi connectivity index (χ0v) is 4.13. The van der Waals surface area contributed by atoms with Crippen LogP contribution in [0.3, 0.4) is 0 Å². The van der Waals surface area contributed by atoms with Gasteiger partial charge in [0.15, 0.2) is 0 Å². The fourth-order valence-corrected chi connectivity index (χ4v) is 0.479. The molecule has 0 amide bonds. The van der Waals surface area contributed by atoms with Gasteiger partial charge in [-0.1, -0.05) is 0 Å². The molecule has 1 aliphatic heterocycles. The molecule has 7 heavy (non-hydrogen) atoms. The van der Waals surface area contributed by atoms with Crippen LogP contribution in [0.4, 0.5) is 0 Å². The quantitative estimate of drug-likeness (QED) is 0.310. The van der Waals surface area contributed by atoms with E-state index in [1.165, 1.54) is 0 Å². The summed E-state index contributed by atoms with van der Waals surface area (Å²) < 4.78 is 4.87. The van der Waals surface area contributed by atoms with Gasteiger partial charge in [0, 0.05) is 0 Å². The van der Waals surface area contributed by atoms with Crippen LogP contribution in [-0.2, 0) is 9.62 Å². The van der Waals surface area contributed by atoms with Crippen molar-refractivity contribution in [3.05, 3.63) is 0 Å². The van der Waals surface area contributed by atoms with Crippen LogP contribution < -0.4 is 0 Å². The van der Waals surface area contributed by atoms with Crippen LogP contribution >= 0.6 is 0 Å². The van der Waals surface area contributed by atoms with Gasteiger partial charge in [-0.2, -0.15) is 0 Å². The summed E-state index contributed by atoms with van der Waals surface area (Å²) in [5.41, 5.74) is 0. The van der Waals surface area contributed by atoms with Gasteiger partial charge in [0.25, 0.3) is 0 Å². The minimum atomic E-state index is 0.144. The van der Waals surface area contributed by atoms with E-state index < -0.39 is 0 Å². The molecule has 0 aromatic heterocycles. The normalized spacial score (nSPS) is 38.6. The van der Waals surface area contributed by atoms with Crippen molar-refractivity contribution in [1.29, 1.82) is 0 Å². The van der Waals surface area contributed by atoms with E-state index in [4.69, 9.17) is 9.99 Å². The molecule has 3 nitrogen and oxygen atoms in total. The standard InChI is InChI=1S/C4H8O3/c1-3-4(7-3)2-6-5/h3-5H,2H2,1H3/t3-,4?/m1/s1. The van der Waals surface area contributed by atoms with Gasteiger partial charge in [-0.05, 0) is 6.92 Å². The topological polar surface area (TPSA) is 42.0 Å². The summed E-state index contributed by atoms with van der Waals surface area (Å²) in [5, 5.41) is 7.81. The van der Waals surface area contributed by atoms with Gasteiger partial charge >= 0.3 is 0 Å². The molecule has 3 heteroatoms. The lowest BCUT2D eigenvalue weighted by molar-refractivity contribution is -0.244. The molecule has 0 aromatic carbocycles. The SMILES string of the molecule is C[C@H]1OC1COO. The molecule has 1 unspecified atom stereocenters. The molecular formula is C4H8O3. The lowest BCUT2D eigenvalue weighted by Gasteiger charge is -1.83. The third kappa shape index (κ3) is 1.12.